The van der Waals surface area contributed by atoms with E-state index in [4.69, 9.17) is 4.74 Å². The lowest BCUT2D eigenvalue weighted by Crippen LogP contribution is -2.14. The van der Waals surface area contributed by atoms with Gasteiger partial charge in [-0.05, 0) is 31.2 Å². The predicted molar refractivity (Wildman–Crippen MR) is 72.7 cm³/mol. The summed E-state index contributed by atoms with van der Waals surface area (Å²) in [6.45, 7) is 3.60. The lowest BCUT2D eigenvalue weighted by Gasteiger charge is -2.08. The van der Waals surface area contributed by atoms with E-state index in [1.165, 1.54) is 6.07 Å². The maximum absolute atomic E-state index is 13.5. The van der Waals surface area contributed by atoms with Gasteiger partial charge in [0.2, 0.25) is 5.88 Å². The van der Waals surface area contributed by atoms with Gasteiger partial charge < -0.3 is 10.1 Å². The van der Waals surface area contributed by atoms with Crippen LogP contribution < -0.4 is 10.1 Å². The van der Waals surface area contributed by atoms with Crippen molar-refractivity contribution in [2.45, 2.75) is 19.9 Å². The summed E-state index contributed by atoms with van der Waals surface area (Å²) in [6, 6.07) is 8.44. The number of ether oxygens (including phenoxy) is 1. The molecule has 2 aromatic rings. The van der Waals surface area contributed by atoms with Crippen molar-refractivity contribution in [3.63, 3.8) is 0 Å². The van der Waals surface area contributed by atoms with Crippen LogP contribution in [-0.2, 0) is 6.54 Å². The van der Waals surface area contributed by atoms with Crippen molar-refractivity contribution in [3.05, 3.63) is 53.7 Å². The molecule has 0 spiro atoms. The zero-order valence-electron chi connectivity index (χ0n) is 11.2. The fourth-order valence-electron chi connectivity index (χ4n) is 1.68. The summed E-state index contributed by atoms with van der Waals surface area (Å²) in [5, 5.41) is 3.22. The van der Waals surface area contributed by atoms with Gasteiger partial charge >= 0.3 is 0 Å². The predicted octanol–water partition coefficient (Wildman–Crippen LogP) is 3.65. The minimum Gasteiger partial charge on any atom is -0.436 e. The Bertz CT molecular complexity index is 576. The van der Waals surface area contributed by atoms with Crippen LogP contribution in [0.25, 0.3) is 0 Å². The molecule has 0 aliphatic rings. The van der Waals surface area contributed by atoms with Gasteiger partial charge in [0, 0.05) is 18.7 Å². The Labute approximate surface area is 116 Å². The molecule has 0 bridgehead atoms. The number of hydrogen-bond donors (Lipinski definition) is 1. The zero-order valence-corrected chi connectivity index (χ0v) is 11.2. The molecule has 1 aromatic heterocycles. The van der Waals surface area contributed by atoms with Crippen molar-refractivity contribution in [1.82, 2.24) is 10.3 Å². The van der Waals surface area contributed by atoms with Crippen molar-refractivity contribution in [3.8, 4) is 11.6 Å². The summed E-state index contributed by atoms with van der Waals surface area (Å²) in [4.78, 5) is 4.26. The standard InChI is InChI=1S/C15H16F2N2O/c1-2-8-18-10-12-4-3-5-15(19-12)20-14-7-6-11(16)9-13(14)17/h3-7,9,18H,2,8,10H2,1H3. The van der Waals surface area contributed by atoms with Crippen LogP contribution >= 0.6 is 0 Å². The molecule has 1 N–H and O–H groups in total. The first-order valence-electron chi connectivity index (χ1n) is 6.48. The molecule has 0 aliphatic heterocycles. The number of nitrogens with one attached hydrogen (secondary N) is 1. The largest absolute Gasteiger partial charge is 0.436 e. The third-order valence-electron chi connectivity index (χ3n) is 2.62. The van der Waals surface area contributed by atoms with Gasteiger partial charge in [0.15, 0.2) is 11.6 Å². The Kier molecular flexibility index (Phi) is 5.01. The minimum atomic E-state index is -0.749. The number of hydrogen-bond acceptors (Lipinski definition) is 3. The molecule has 0 saturated heterocycles. The molecule has 0 amide bonds. The SMILES string of the molecule is CCCNCc1cccc(Oc2ccc(F)cc2F)n1. The Morgan fingerprint density at radius 2 is 2.05 bits per heavy atom. The molecule has 106 valence electrons. The van der Waals surface area contributed by atoms with E-state index in [0.29, 0.717) is 6.54 Å². The topological polar surface area (TPSA) is 34.1 Å². The van der Waals surface area contributed by atoms with Crippen LogP contribution in [0.5, 0.6) is 11.6 Å². The summed E-state index contributed by atoms with van der Waals surface area (Å²) in [5.74, 6) is -1.15. The second-order valence-corrected chi connectivity index (χ2v) is 4.32. The molecule has 0 saturated carbocycles. The quantitative estimate of drug-likeness (QED) is 0.819. The number of halogens is 2. The number of benzene rings is 1. The Balaban J connectivity index is 2.07. The second-order valence-electron chi connectivity index (χ2n) is 4.32. The Hall–Kier alpha value is -2.01. The zero-order chi connectivity index (χ0) is 14.4. The first-order chi connectivity index (χ1) is 9.69. The van der Waals surface area contributed by atoms with E-state index in [2.05, 4.69) is 17.2 Å². The third kappa shape index (κ3) is 3.99. The number of nitrogens with zero attached hydrogens (tertiary/aromatic N) is 1. The molecule has 1 aromatic carbocycles. The van der Waals surface area contributed by atoms with Gasteiger partial charge in [-0.1, -0.05) is 13.0 Å². The van der Waals surface area contributed by atoms with Crippen LogP contribution in [0.1, 0.15) is 19.0 Å². The van der Waals surface area contributed by atoms with Crippen LogP contribution in [0.15, 0.2) is 36.4 Å². The van der Waals surface area contributed by atoms with E-state index < -0.39 is 11.6 Å². The van der Waals surface area contributed by atoms with Gasteiger partial charge in [-0.25, -0.2) is 13.8 Å². The fourth-order valence-corrected chi connectivity index (χ4v) is 1.68. The molecule has 2 rings (SSSR count). The van der Waals surface area contributed by atoms with Crippen molar-refractivity contribution < 1.29 is 13.5 Å². The molecular weight excluding hydrogens is 262 g/mol. The number of pyridine rings is 1. The van der Waals surface area contributed by atoms with Crippen LogP contribution in [0.2, 0.25) is 0 Å². The second kappa shape index (κ2) is 6.96. The molecule has 0 fully saturated rings. The lowest BCUT2D eigenvalue weighted by atomic mass is 10.3. The molecule has 0 radical (unpaired) electrons. The number of rotatable bonds is 6. The molecule has 0 aliphatic carbocycles. The van der Waals surface area contributed by atoms with Crippen molar-refractivity contribution in [1.29, 1.82) is 0 Å². The maximum Gasteiger partial charge on any atom is 0.219 e. The van der Waals surface area contributed by atoms with Crippen molar-refractivity contribution >= 4 is 0 Å². The van der Waals surface area contributed by atoms with Crippen LogP contribution in [0.4, 0.5) is 8.78 Å². The van der Waals surface area contributed by atoms with E-state index in [9.17, 15) is 8.78 Å². The Morgan fingerprint density at radius 3 is 2.80 bits per heavy atom. The van der Waals surface area contributed by atoms with Gasteiger partial charge in [0.05, 0.1) is 5.69 Å². The van der Waals surface area contributed by atoms with Crippen LogP contribution in [0, 0.1) is 11.6 Å². The van der Waals surface area contributed by atoms with Crippen LogP contribution in [-0.4, -0.2) is 11.5 Å². The molecular formula is C15H16F2N2O. The van der Waals surface area contributed by atoms with E-state index in [0.717, 1.165) is 30.8 Å². The molecule has 5 heteroatoms. The van der Waals surface area contributed by atoms with E-state index in [1.54, 1.807) is 12.1 Å². The van der Waals surface area contributed by atoms with Gasteiger partial charge in [0.1, 0.15) is 5.82 Å². The molecule has 20 heavy (non-hydrogen) atoms. The number of aromatic nitrogens is 1. The van der Waals surface area contributed by atoms with Gasteiger partial charge in [-0.15, -0.1) is 0 Å². The summed E-state index contributed by atoms with van der Waals surface area (Å²) < 4.78 is 31.6. The highest BCUT2D eigenvalue weighted by Crippen LogP contribution is 2.23. The molecule has 1 heterocycles. The maximum atomic E-state index is 13.5. The van der Waals surface area contributed by atoms with Crippen molar-refractivity contribution in [2.24, 2.45) is 0 Å². The third-order valence-corrected chi connectivity index (χ3v) is 2.62. The average molecular weight is 278 g/mol. The summed E-state index contributed by atoms with van der Waals surface area (Å²) in [6.07, 6.45) is 1.04. The summed E-state index contributed by atoms with van der Waals surface area (Å²) in [5.41, 5.74) is 0.804. The minimum absolute atomic E-state index is 0.0439. The van der Waals surface area contributed by atoms with Crippen molar-refractivity contribution in [2.75, 3.05) is 6.54 Å². The van der Waals surface area contributed by atoms with Gasteiger partial charge in [-0.2, -0.15) is 0 Å². The molecule has 0 atom stereocenters. The van der Waals surface area contributed by atoms with Gasteiger partial charge in [0.25, 0.3) is 0 Å². The smallest absolute Gasteiger partial charge is 0.219 e. The molecule has 0 unspecified atom stereocenters. The molecule has 3 nitrogen and oxygen atoms in total. The summed E-state index contributed by atoms with van der Waals surface area (Å²) in [7, 11) is 0. The average Bonchev–Trinajstić information content (AvgIpc) is 2.43. The highest BCUT2D eigenvalue weighted by Gasteiger charge is 2.07. The Morgan fingerprint density at radius 1 is 1.20 bits per heavy atom. The monoisotopic (exact) mass is 278 g/mol. The summed E-state index contributed by atoms with van der Waals surface area (Å²) >= 11 is 0. The van der Waals surface area contributed by atoms with Crippen LogP contribution in [0.3, 0.4) is 0 Å². The van der Waals surface area contributed by atoms with Gasteiger partial charge in [-0.3, -0.25) is 0 Å². The normalized spacial score (nSPS) is 10.6. The lowest BCUT2D eigenvalue weighted by molar-refractivity contribution is 0.421. The van der Waals surface area contributed by atoms with E-state index in [-0.39, 0.29) is 11.6 Å². The first-order valence-corrected chi connectivity index (χ1v) is 6.48. The fraction of sp³-hybridized carbons (Fsp3) is 0.267. The highest BCUT2D eigenvalue weighted by molar-refractivity contribution is 5.29. The first kappa shape index (κ1) is 14.4. The van der Waals surface area contributed by atoms with E-state index in [1.807, 2.05) is 6.07 Å². The van der Waals surface area contributed by atoms with E-state index >= 15 is 0 Å². The highest BCUT2D eigenvalue weighted by atomic mass is 19.1.